The van der Waals surface area contributed by atoms with Gasteiger partial charge in [-0.05, 0) is 31.9 Å². The Kier molecular flexibility index (Phi) is 5.56. The van der Waals surface area contributed by atoms with Crippen molar-refractivity contribution >= 4 is 5.91 Å². The maximum Gasteiger partial charge on any atom is 0.254 e. The largest absolute Gasteiger partial charge is 0.367 e. The number of methoxy groups -OCH3 is 1. The zero-order valence-corrected chi connectivity index (χ0v) is 12.3. The van der Waals surface area contributed by atoms with Gasteiger partial charge in [0.25, 0.3) is 5.91 Å². The molecule has 0 bridgehead atoms. The molecular formula is C16H24N2O2. The monoisotopic (exact) mass is 276 g/mol. The second kappa shape index (κ2) is 7.41. The number of benzene rings is 1. The van der Waals surface area contributed by atoms with E-state index in [0.717, 1.165) is 18.5 Å². The minimum atomic E-state index is -0.540. The Balaban J connectivity index is 1.95. The topological polar surface area (TPSA) is 50.4 Å². The molecule has 2 N–H and O–H groups in total. The van der Waals surface area contributed by atoms with Gasteiger partial charge in [0, 0.05) is 19.2 Å². The Morgan fingerprint density at radius 2 is 2.10 bits per heavy atom. The molecule has 3 atom stereocenters. The summed E-state index contributed by atoms with van der Waals surface area (Å²) in [4.78, 5) is 12.4. The van der Waals surface area contributed by atoms with Crippen LogP contribution in [0.4, 0.5) is 0 Å². The van der Waals surface area contributed by atoms with Crippen LogP contribution in [-0.2, 0) is 9.53 Å². The lowest BCUT2D eigenvalue weighted by Gasteiger charge is -2.30. The molecule has 1 aromatic rings. The van der Waals surface area contributed by atoms with Crippen LogP contribution < -0.4 is 10.6 Å². The predicted molar refractivity (Wildman–Crippen MR) is 79.4 cm³/mol. The molecule has 1 aliphatic heterocycles. The molecule has 1 fully saturated rings. The van der Waals surface area contributed by atoms with E-state index in [1.54, 1.807) is 7.11 Å². The van der Waals surface area contributed by atoms with Crippen LogP contribution in [0.25, 0.3) is 0 Å². The molecule has 0 spiro atoms. The summed E-state index contributed by atoms with van der Waals surface area (Å²) in [5.41, 5.74) is 0.885. The quantitative estimate of drug-likeness (QED) is 0.865. The van der Waals surface area contributed by atoms with Crippen molar-refractivity contribution in [2.75, 3.05) is 13.7 Å². The van der Waals surface area contributed by atoms with Crippen molar-refractivity contribution in [3.63, 3.8) is 0 Å². The second-order valence-corrected chi connectivity index (χ2v) is 5.38. The Labute approximate surface area is 120 Å². The van der Waals surface area contributed by atoms with Gasteiger partial charge in [0.05, 0.1) is 0 Å². The normalized spacial score (nSPS) is 22.0. The van der Waals surface area contributed by atoms with E-state index in [2.05, 4.69) is 17.6 Å². The Bertz CT molecular complexity index is 416. The number of piperidine rings is 1. The lowest BCUT2D eigenvalue weighted by molar-refractivity contribution is -0.132. The first-order chi connectivity index (χ1) is 9.72. The van der Waals surface area contributed by atoms with E-state index in [9.17, 15) is 4.79 Å². The molecule has 0 aliphatic carbocycles. The van der Waals surface area contributed by atoms with Gasteiger partial charge in [0.1, 0.15) is 0 Å². The smallest absolute Gasteiger partial charge is 0.254 e. The molecule has 1 aromatic carbocycles. The Morgan fingerprint density at radius 1 is 1.35 bits per heavy atom. The average molecular weight is 276 g/mol. The van der Waals surface area contributed by atoms with E-state index < -0.39 is 6.10 Å². The molecule has 0 aromatic heterocycles. The first kappa shape index (κ1) is 15.0. The number of rotatable bonds is 5. The highest BCUT2D eigenvalue weighted by Gasteiger charge is 2.25. The maximum absolute atomic E-state index is 12.4. The summed E-state index contributed by atoms with van der Waals surface area (Å²) in [5.74, 6) is -0.0708. The zero-order chi connectivity index (χ0) is 14.4. The molecule has 3 unspecified atom stereocenters. The number of carbonyl (C=O) groups excluding carboxylic acids is 1. The number of ether oxygens (including phenoxy) is 1. The highest BCUT2D eigenvalue weighted by Crippen LogP contribution is 2.17. The second-order valence-electron chi connectivity index (χ2n) is 5.38. The number of hydrogen-bond acceptors (Lipinski definition) is 3. The lowest BCUT2D eigenvalue weighted by Crippen LogP contribution is -2.51. The van der Waals surface area contributed by atoms with E-state index in [-0.39, 0.29) is 11.9 Å². The van der Waals surface area contributed by atoms with Crippen molar-refractivity contribution in [3.8, 4) is 0 Å². The minimum absolute atomic E-state index is 0.0708. The number of carbonyl (C=O) groups is 1. The fraction of sp³-hybridized carbons (Fsp3) is 0.562. The summed E-state index contributed by atoms with van der Waals surface area (Å²) in [5, 5.41) is 6.54. The van der Waals surface area contributed by atoms with Crippen molar-refractivity contribution < 1.29 is 9.53 Å². The molecule has 1 saturated heterocycles. The van der Waals surface area contributed by atoms with E-state index >= 15 is 0 Å². The fourth-order valence-electron chi connectivity index (χ4n) is 2.73. The lowest BCUT2D eigenvalue weighted by atomic mass is 9.98. The van der Waals surface area contributed by atoms with E-state index in [0.29, 0.717) is 6.04 Å². The zero-order valence-electron chi connectivity index (χ0n) is 12.3. The Hall–Kier alpha value is -1.39. The maximum atomic E-state index is 12.4. The Morgan fingerprint density at radius 3 is 2.70 bits per heavy atom. The third kappa shape index (κ3) is 3.81. The van der Waals surface area contributed by atoms with Gasteiger partial charge in [-0.15, -0.1) is 0 Å². The van der Waals surface area contributed by atoms with Crippen molar-refractivity contribution in [2.45, 2.75) is 44.4 Å². The summed E-state index contributed by atoms with van der Waals surface area (Å²) in [6.07, 6.45) is 3.03. The minimum Gasteiger partial charge on any atom is -0.367 e. The highest BCUT2D eigenvalue weighted by atomic mass is 16.5. The van der Waals surface area contributed by atoms with Crippen molar-refractivity contribution in [1.82, 2.24) is 10.6 Å². The molecule has 0 saturated carbocycles. The third-order valence-electron chi connectivity index (χ3n) is 3.90. The van der Waals surface area contributed by atoms with Crippen LogP contribution in [-0.4, -0.2) is 31.6 Å². The van der Waals surface area contributed by atoms with E-state index in [1.807, 2.05) is 30.3 Å². The van der Waals surface area contributed by atoms with Gasteiger partial charge < -0.3 is 15.4 Å². The first-order valence-electron chi connectivity index (χ1n) is 7.34. The molecule has 110 valence electrons. The van der Waals surface area contributed by atoms with Gasteiger partial charge in [-0.25, -0.2) is 0 Å². The van der Waals surface area contributed by atoms with Crippen molar-refractivity contribution in [2.24, 2.45) is 0 Å². The summed E-state index contributed by atoms with van der Waals surface area (Å²) in [6.45, 7) is 3.09. The van der Waals surface area contributed by atoms with Crippen molar-refractivity contribution in [3.05, 3.63) is 35.9 Å². The number of hydrogen-bond donors (Lipinski definition) is 2. The highest BCUT2D eigenvalue weighted by molar-refractivity contribution is 5.82. The van der Waals surface area contributed by atoms with Crippen LogP contribution in [0.5, 0.6) is 0 Å². The fourth-order valence-corrected chi connectivity index (χ4v) is 2.73. The average Bonchev–Trinajstić information content (AvgIpc) is 2.50. The molecule has 4 heteroatoms. The molecule has 0 radical (unpaired) electrons. The van der Waals surface area contributed by atoms with Gasteiger partial charge >= 0.3 is 0 Å². The van der Waals surface area contributed by atoms with Crippen LogP contribution in [0, 0.1) is 0 Å². The van der Waals surface area contributed by atoms with Crippen LogP contribution in [0.1, 0.15) is 37.9 Å². The van der Waals surface area contributed by atoms with Gasteiger partial charge in [0.15, 0.2) is 6.10 Å². The number of amides is 1. The first-order valence-corrected chi connectivity index (χ1v) is 7.34. The summed E-state index contributed by atoms with van der Waals surface area (Å²) in [6, 6.07) is 10.1. The standard InChI is InChI=1S/C16H24N2O2/c1-12(14-10-6-7-11-17-14)18-16(19)15(20-2)13-8-4-3-5-9-13/h3-5,8-9,12,14-15,17H,6-7,10-11H2,1-2H3,(H,18,19). The SMILES string of the molecule is COC(C(=O)NC(C)C1CCCCN1)c1ccccc1. The van der Waals surface area contributed by atoms with Crippen molar-refractivity contribution in [1.29, 1.82) is 0 Å². The van der Waals surface area contributed by atoms with Crippen LogP contribution in [0.15, 0.2) is 30.3 Å². The molecule has 1 amide bonds. The van der Waals surface area contributed by atoms with E-state index in [1.165, 1.54) is 12.8 Å². The summed E-state index contributed by atoms with van der Waals surface area (Å²) < 4.78 is 5.35. The third-order valence-corrected chi connectivity index (χ3v) is 3.90. The molecule has 1 aliphatic rings. The molecule has 4 nitrogen and oxygen atoms in total. The molecule has 1 heterocycles. The summed E-state index contributed by atoms with van der Waals surface area (Å²) in [7, 11) is 1.57. The van der Waals surface area contributed by atoms with Gasteiger partial charge in [-0.1, -0.05) is 36.8 Å². The van der Waals surface area contributed by atoms with Gasteiger partial charge in [-0.2, -0.15) is 0 Å². The van der Waals surface area contributed by atoms with Gasteiger partial charge in [-0.3, -0.25) is 4.79 Å². The number of nitrogens with one attached hydrogen (secondary N) is 2. The van der Waals surface area contributed by atoms with E-state index in [4.69, 9.17) is 4.74 Å². The summed E-state index contributed by atoms with van der Waals surface area (Å²) >= 11 is 0. The van der Waals surface area contributed by atoms with Gasteiger partial charge in [0.2, 0.25) is 0 Å². The van der Waals surface area contributed by atoms with Crippen LogP contribution in [0.2, 0.25) is 0 Å². The molecule has 2 rings (SSSR count). The molecular weight excluding hydrogens is 252 g/mol. The van der Waals surface area contributed by atoms with Crippen LogP contribution >= 0.6 is 0 Å². The van der Waals surface area contributed by atoms with Crippen LogP contribution in [0.3, 0.4) is 0 Å². The molecule has 20 heavy (non-hydrogen) atoms. The predicted octanol–water partition coefficient (Wildman–Crippen LogP) is 2.02.